The van der Waals surface area contributed by atoms with Crippen LogP contribution in [-0.4, -0.2) is 28.0 Å². The molecule has 0 spiro atoms. The van der Waals surface area contributed by atoms with Gasteiger partial charge in [0.2, 0.25) is 11.8 Å². The maximum absolute atomic E-state index is 11.3. The van der Waals surface area contributed by atoms with Crippen molar-refractivity contribution in [2.24, 2.45) is 5.92 Å². The van der Waals surface area contributed by atoms with Crippen LogP contribution in [0.5, 0.6) is 0 Å². The SMILES string of the molecule is CCCC1CCCN(c2nc(N)nc(C)c2[N+](=O)[O-])CC1. The molecule has 1 atom stereocenters. The van der Waals surface area contributed by atoms with E-state index in [2.05, 4.69) is 16.9 Å². The van der Waals surface area contributed by atoms with Crippen molar-refractivity contribution in [1.29, 1.82) is 0 Å². The fraction of sp³-hybridized carbons (Fsp3) is 0.714. The first-order chi connectivity index (χ1) is 10.0. The summed E-state index contributed by atoms with van der Waals surface area (Å²) in [6.45, 7) is 5.39. The third kappa shape index (κ3) is 3.59. The summed E-state index contributed by atoms with van der Waals surface area (Å²) in [6.07, 6.45) is 5.67. The number of rotatable bonds is 4. The van der Waals surface area contributed by atoms with E-state index in [0.29, 0.717) is 17.4 Å². The molecule has 7 nitrogen and oxygen atoms in total. The van der Waals surface area contributed by atoms with Gasteiger partial charge in [0, 0.05) is 13.1 Å². The van der Waals surface area contributed by atoms with Gasteiger partial charge in [-0.05, 0) is 32.1 Å². The zero-order valence-corrected chi connectivity index (χ0v) is 12.7. The van der Waals surface area contributed by atoms with Gasteiger partial charge in [-0.15, -0.1) is 0 Å². The van der Waals surface area contributed by atoms with Gasteiger partial charge in [0.15, 0.2) is 0 Å². The highest BCUT2D eigenvalue weighted by molar-refractivity contribution is 5.62. The van der Waals surface area contributed by atoms with Crippen LogP contribution in [0, 0.1) is 23.0 Å². The summed E-state index contributed by atoms with van der Waals surface area (Å²) in [5.74, 6) is 1.18. The highest BCUT2D eigenvalue weighted by Crippen LogP contribution is 2.32. The van der Waals surface area contributed by atoms with Crippen LogP contribution >= 0.6 is 0 Å². The molecule has 1 saturated heterocycles. The Bertz CT molecular complexity index is 520. The summed E-state index contributed by atoms with van der Waals surface area (Å²) in [4.78, 5) is 21.0. The summed E-state index contributed by atoms with van der Waals surface area (Å²) in [6, 6.07) is 0. The van der Waals surface area contributed by atoms with E-state index in [1.54, 1.807) is 6.92 Å². The first-order valence-corrected chi connectivity index (χ1v) is 7.56. The summed E-state index contributed by atoms with van der Waals surface area (Å²) >= 11 is 0. The molecule has 0 aliphatic carbocycles. The van der Waals surface area contributed by atoms with Gasteiger partial charge in [-0.2, -0.15) is 4.98 Å². The van der Waals surface area contributed by atoms with Crippen LogP contribution in [0.3, 0.4) is 0 Å². The highest BCUT2D eigenvalue weighted by atomic mass is 16.6. The number of aryl methyl sites for hydroxylation is 1. The van der Waals surface area contributed by atoms with E-state index < -0.39 is 4.92 Å². The van der Waals surface area contributed by atoms with Crippen LogP contribution in [0.2, 0.25) is 0 Å². The quantitative estimate of drug-likeness (QED) is 0.677. The Morgan fingerprint density at radius 2 is 2.14 bits per heavy atom. The average molecular weight is 293 g/mol. The Kier molecular flexibility index (Phi) is 4.93. The van der Waals surface area contributed by atoms with Crippen LogP contribution in [0.25, 0.3) is 0 Å². The van der Waals surface area contributed by atoms with Crippen LogP contribution < -0.4 is 10.6 Å². The van der Waals surface area contributed by atoms with Gasteiger partial charge in [-0.25, -0.2) is 4.98 Å². The van der Waals surface area contributed by atoms with Crippen LogP contribution in [0.15, 0.2) is 0 Å². The molecular weight excluding hydrogens is 270 g/mol. The van der Waals surface area contributed by atoms with Gasteiger partial charge in [0.05, 0.1) is 4.92 Å². The van der Waals surface area contributed by atoms with Gasteiger partial charge >= 0.3 is 5.69 Å². The molecule has 0 radical (unpaired) electrons. The van der Waals surface area contributed by atoms with Crippen molar-refractivity contribution >= 4 is 17.5 Å². The molecule has 1 aromatic heterocycles. The molecule has 21 heavy (non-hydrogen) atoms. The monoisotopic (exact) mass is 293 g/mol. The lowest BCUT2D eigenvalue weighted by Crippen LogP contribution is -2.27. The van der Waals surface area contributed by atoms with Gasteiger partial charge in [-0.1, -0.05) is 19.8 Å². The van der Waals surface area contributed by atoms with Crippen molar-refractivity contribution in [2.45, 2.75) is 46.0 Å². The van der Waals surface area contributed by atoms with Crippen LogP contribution in [0.1, 0.15) is 44.7 Å². The maximum atomic E-state index is 11.3. The predicted octanol–water partition coefficient (Wildman–Crippen LogP) is 2.68. The Morgan fingerprint density at radius 1 is 1.38 bits per heavy atom. The van der Waals surface area contributed by atoms with Gasteiger partial charge in [0.25, 0.3) is 0 Å². The third-order valence-corrected chi connectivity index (χ3v) is 4.08. The number of nitrogen functional groups attached to an aromatic ring is 1. The molecule has 2 rings (SSSR count). The molecule has 0 aromatic carbocycles. The van der Waals surface area contributed by atoms with Gasteiger partial charge in [0.1, 0.15) is 5.69 Å². The minimum Gasteiger partial charge on any atom is -0.368 e. The van der Waals surface area contributed by atoms with Crippen molar-refractivity contribution in [3.63, 3.8) is 0 Å². The normalized spacial score (nSPS) is 19.3. The van der Waals surface area contributed by atoms with Crippen molar-refractivity contribution < 1.29 is 4.92 Å². The third-order valence-electron chi connectivity index (χ3n) is 4.08. The standard InChI is InChI=1S/C14H23N5O2/c1-3-5-11-6-4-8-18(9-7-11)13-12(19(20)21)10(2)16-14(15)17-13/h11H,3-9H2,1-2H3,(H2,15,16,17). The molecule has 0 saturated carbocycles. The topological polar surface area (TPSA) is 98.2 Å². The lowest BCUT2D eigenvalue weighted by atomic mass is 9.96. The second-order valence-corrected chi connectivity index (χ2v) is 5.67. The Hall–Kier alpha value is -1.92. The molecule has 0 bridgehead atoms. The van der Waals surface area contributed by atoms with E-state index in [4.69, 9.17) is 5.73 Å². The molecule has 1 aliphatic heterocycles. The summed E-state index contributed by atoms with van der Waals surface area (Å²) in [7, 11) is 0. The fourth-order valence-corrected chi connectivity index (χ4v) is 3.08. The highest BCUT2D eigenvalue weighted by Gasteiger charge is 2.27. The molecular formula is C14H23N5O2. The van der Waals surface area contributed by atoms with E-state index in [9.17, 15) is 10.1 Å². The molecule has 1 aliphatic rings. The number of nitrogens with two attached hydrogens (primary N) is 1. The molecule has 116 valence electrons. The molecule has 1 aromatic rings. The minimum absolute atomic E-state index is 0.0156. The molecule has 0 amide bonds. The Labute approximate surface area is 124 Å². The van der Waals surface area contributed by atoms with Crippen molar-refractivity contribution in [3.05, 3.63) is 15.8 Å². The molecule has 1 fully saturated rings. The smallest absolute Gasteiger partial charge is 0.332 e. The Balaban J connectivity index is 2.27. The maximum Gasteiger partial charge on any atom is 0.332 e. The molecule has 2 N–H and O–H groups in total. The number of anilines is 2. The lowest BCUT2D eigenvalue weighted by Gasteiger charge is -2.22. The number of hydrogen-bond donors (Lipinski definition) is 1. The van der Waals surface area contributed by atoms with Crippen LogP contribution in [-0.2, 0) is 0 Å². The summed E-state index contributed by atoms with van der Waals surface area (Å²) in [5, 5.41) is 11.3. The zero-order chi connectivity index (χ0) is 15.4. The number of aromatic nitrogens is 2. The van der Waals surface area contributed by atoms with E-state index in [-0.39, 0.29) is 11.6 Å². The Morgan fingerprint density at radius 3 is 2.81 bits per heavy atom. The number of hydrogen-bond acceptors (Lipinski definition) is 6. The van der Waals surface area contributed by atoms with E-state index in [1.807, 2.05) is 4.90 Å². The second-order valence-electron chi connectivity index (χ2n) is 5.67. The van der Waals surface area contributed by atoms with E-state index in [0.717, 1.165) is 25.9 Å². The first-order valence-electron chi connectivity index (χ1n) is 7.56. The molecule has 1 unspecified atom stereocenters. The number of nitro groups is 1. The first kappa shape index (κ1) is 15.5. The van der Waals surface area contributed by atoms with Gasteiger partial charge < -0.3 is 10.6 Å². The minimum atomic E-state index is -0.404. The predicted molar refractivity (Wildman–Crippen MR) is 82.3 cm³/mol. The van der Waals surface area contributed by atoms with Gasteiger partial charge in [-0.3, -0.25) is 10.1 Å². The van der Waals surface area contributed by atoms with Crippen molar-refractivity contribution in [2.75, 3.05) is 23.7 Å². The average Bonchev–Trinajstić information content (AvgIpc) is 2.63. The van der Waals surface area contributed by atoms with Crippen molar-refractivity contribution in [1.82, 2.24) is 9.97 Å². The molecule has 2 heterocycles. The summed E-state index contributed by atoms with van der Waals surface area (Å²) in [5.41, 5.74) is 5.99. The molecule has 7 heteroatoms. The fourth-order valence-electron chi connectivity index (χ4n) is 3.08. The van der Waals surface area contributed by atoms with E-state index in [1.165, 1.54) is 19.3 Å². The summed E-state index contributed by atoms with van der Waals surface area (Å²) < 4.78 is 0. The van der Waals surface area contributed by atoms with Crippen LogP contribution in [0.4, 0.5) is 17.5 Å². The number of nitrogens with zero attached hydrogens (tertiary/aromatic N) is 4. The zero-order valence-electron chi connectivity index (χ0n) is 12.7. The second kappa shape index (κ2) is 6.69. The van der Waals surface area contributed by atoms with E-state index >= 15 is 0 Å². The van der Waals surface area contributed by atoms with Crippen molar-refractivity contribution in [3.8, 4) is 0 Å². The lowest BCUT2D eigenvalue weighted by molar-refractivity contribution is -0.385. The largest absolute Gasteiger partial charge is 0.368 e.